The largest absolute Gasteiger partial charge is 0.424 e. The minimum absolute atomic E-state index is 0.00859. The number of carbonyl (C=O) groups is 3. The van der Waals surface area contributed by atoms with Gasteiger partial charge in [0, 0.05) is 31.3 Å². The summed E-state index contributed by atoms with van der Waals surface area (Å²) in [5.41, 5.74) is -0.634. The molecule has 1 aromatic carbocycles. The molecule has 15 heteroatoms. The number of urea groups is 1. The van der Waals surface area contributed by atoms with E-state index in [1.54, 1.807) is 23.2 Å². The van der Waals surface area contributed by atoms with Crippen LogP contribution in [0, 0.1) is 5.92 Å². The van der Waals surface area contributed by atoms with Gasteiger partial charge < -0.3 is 15.4 Å². The van der Waals surface area contributed by atoms with Crippen LogP contribution in [0.25, 0.3) is 10.4 Å². The zero-order valence-electron chi connectivity index (χ0n) is 22.2. The minimum Gasteiger partial charge on any atom is -0.424 e. The summed E-state index contributed by atoms with van der Waals surface area (Å²) in [4.78, 5) is 55.8. The van der Waals surface area contributed by atoms with Crippen molar-refractivity contribution in [1.82, 2.24) is 19.9 Å². The van der Waals surface area contributed by atoms with Gasteiger partial charge in [-0.3, -0.25) is 19.5 Å². The molecule has 0 bridgehead atoms. The number of nitrogens with zero attached hydrogens (tertiary/aromatic N) is 5. The number of hydrogen-bond donors (Lipinski definition) is 2. The number of anilines is 3. The standard InChI is InChI=1S/C28H22F3N7O4S/c29-28(30,31)17-10-20(23(32-11-17)24(40)16-3-4-16)37-25(41)36-18-12-33-26(34-13-18)42-19-7-5-15(6-8-19)21-14-35-27(43-21)38-9-1-2-22(38)39/h5-8,10-14,16H,1-4,9H2,(H2,36,37,41). The summed E-state index contributed by atoms with van der Waals surface area (Å²) < 4.78 is 45.3. The molecule has 2 aliphatic rings. The third-order valence-electron chi connectivity index (χ3n) is 6.68. The van der Waals surface area contributed by atoms with Crippen molar-refractivity contribution in [2.24, 2.45) is 5.92 Å². The van der Waals surface area contributed by atoms with Gasteiger partial charge in [0.25, 0.3) is 0 Å². The van der Waals surface area contributed by atoms with Crippen LogP contribution >= 0.6 is 11.3 Å². The minimum atomic E-state index is -4.70. The van der Waals surface area contributed by atoms with Crippen LogP contribution in [0.2, 0.25) is 0 Å². The molecule has 2 N–H and O–H groups in total. The second-order valence-corrected chi connectivity index (χ2v) is 10.9. The number of ether oxygens (including phenoxy) is 1. The average molecular weight is 610 g/mol. The van der Waals surface area contributed by atoms with Crippen LogP contribution in [-0.4, -0.2) is 44.2 Å². The number of aromatic nitrogens is 4. The molecule has 0 spiro atoms. The van der Waals surface area contributed by atoms with Crippen LogP contribution < -0.4 is 20.3 Å². The van der Waals surface area contributed by atoms with Crippen LogP contribution in [-0.2, 0) is 11.0 Å². The van der Waals surface area contributed by atoms with Crippen molar-refractivity contribution >= 4 is 45.6 Å². The summed E-state index contributed by atoms with van der Waals surface area (Å²) in [6.45, 7) is 0.674. The number of carbonyl (C=O) groups excluding carboxylic acids is 3. The molecule has 0 unspecified atom stereocenters. The number of ketones is 1. The van der Waals surface area contributed by atoms with Gasteiger partial charge in [-0.2, -0.15) is 13.2 Å². The molecule has 3 amide bonds. The van der Waals surface area contributed by atoms with Crippen molar-refractivity contribution in [3.8, 4) is 22.2 Å². The quantitative estimate of drug-likeness (QED) is 0.226. The maximum absolute atomic E-state index is 13.2. The molecular weight excluding hydrogens is 587 g/mol. The maximum Gasteiger partial charge on any atom is 0.417 e. The second-order valence-electron chi connectivity index (χ2n) is 9.87. The molecule has 4 aromatic rings. The predicted molar refractivity (Wildman–Crippen MR) is 150 cm³/mol. The first kappa shape index (κ1) is 28.2. The zero-order valence-corrected chi connectivity index (χ0v) is 23.0. The number of alkyl halides is 3. The van der Waals surface area contributed by atoms with Crippen molar-refractivity contribution in [3.05, 3.63) is 66.4 Å². The monoisotopic (exact) mass is 609 g/mol. The highest BCUT2D eigenvalue weighted by Crippen LogP contribution is 2.37. The molecule has 1 aliphatic heterocycles. The molecule has 1 saturated heterocycles. The highest BCUT2D eigenvalue weighted by molar-refractivity contribution is 7.19. The van der Waals surface area contributed by atoms with Gasteiger partial charge in [0.1, 0.15) is 11.4 Å². The van der Waals surface area contributed by atoms with Gasteiger partial charge in [-0.05, 0) is 55.2 Å². The van der Waals surface area contributed by atoms with Crippen LogP contribution in [0.3, 0.4) is 0 Å². The van der Waals surface area contributed by atoms with E-state index in [0.717, 1.165) is 16.9 Å². The molecular formula is C28H22F3N7O4S. The summed E-state index contributed by atoms with van der Waals surface area (Å²) >= 11 is 1.43. The van der Waals surface area contributed by atoms with E-state index in [-0.39, 0.29) is 34.9 Å². The van der Waals surface area contributed by atoms with Crippen LogP contribution in [0.1, 0.15) is 41.7 Å². The van der Waals surface area contributed by atoms with Crippen LogP contribution in [0.4, 0.5) is 34.5 Å². The number of nitrogens with one attached hydrogen (secondary N) is 2. The first-order valence-electron chi connectivity index (χ1n) is 13.2. The highest BCUT2D eigenvalue weighted by Gasteiger charge is 2.36. The van der Waals surface area contributed by atoms with Gasteiger partial charge in [-0.25, -0.2) is 19.7 Å². The number of thiazole rings is 1. The molecule has 43 heavy (non-hydrogen) atoms. The Morgan fingerprint density at radius 1 is 0.977 bits per heavy atom. The Balaban J connectivity index is 1.07. The Kier molecular flexibility index (Phi) is 7.48. The first-order valence-corrected chi connectivity index (χ1v) is 14.0. The summed E-state index contributed by atoms with van der Waals surface area (Å²) in [5, 5.41) is 5.38. The number of benzene rings is 1. The van der Waals surface area contributed by atoms with Crippen molar-refractivity contribution in [3.63, 3.8) is 0 Å². The van der Waals surface area contributed by atoms with Gasteiger partial charge in [0.2, 0.25) is 5.91 Å². The Morgan fingerprint density at radius 2 is 1.72 bits per heavy atom. The van der Waals surface area contributed by atoms with Gasteiger partial charge in [0.05, 0.1) is 34.2 Å². The molecule has 220 valence electrons. The summed E-state index contributed by atoms with van der Waals surface area (Å²) in [6.07, 6.45) is 2.72. The number of Topliss-reactive ketones (excluding diaryl/α,β-unsaturated/α-hetero) is 1. The van der Waals surface area contributed by atoms with Gasteiger partial charge in [-0.15, -0.1) is 0 Å². The maximum atomic E-state index is 13.2. The molecule has 4 heterocycles. The number of pyridine rings is 1. The fourth-order valence-corrected chi connectivity index (χ4v) is 5.30. The van der Waals surface area contributed by atoms with Crippen LogP contribution in [0.5, 0.6) is 11.8 Å². The number of amides is 3. The third-order valence-corrected chi connectivity index (χ3v) is 7.75. The predicted octanol–water partition coefficient (Wildman–Crippen LogP) is 6.17. The molecule has 3 aromatic heterocycles. The molecule has 1 saturated carbocycles. The average Bonchev–Trinajstić information content (AvgIpc) is 3.57. The topological polar surface area (TPSA) is 139 Å². The molecule has 0 atom stereocenters. The third kappa shape index (κ3) is 6.45. The van der Waals surface area contributed by atoms with Gasteiger partial charge >= 0.3 is 18.2 Å². The SMILES string of the molecule is O=C(Nc1cnc(Oc2ccc(-c3cnc(N4CCCC4=O)s3)cc2)nc1)Nc1cc(C(F)(F)F)cnc1C(=O)C1CC1. The van der Waals surface area contributed by atoms with Crippen LogP contribution in [0.15, 0.2) is 55.1 Å². The van der Waals surface area contributed by atoms with Gasteiger partial charge in [-0.1, -0.05) is 11.3 Å². The first-order chi connectivity index (χ1) is 20.6. The second kappa shape index (κ2) is 11.4. The summed E-state index contributed by atoms with van der Waals surface area (Å²) in [5.74, 6) is -0.199. The molecule has 0 radical (unpaired) electrons. The molecule has 1 aliphatic carbocycles. The molecule has 2 fully saturated rings. The highest BCUT2D eigenvalue weighted by atomic mass is 32.1. The molecule has 11 nitrogen and oxygen atoms in total. The van der Waals surface area contributed by atoms with E-state index >= 15 is 0 Å². The summed E-state index contributed by atoms with van der Waals surface area (Å²) in [6, 6.07) is 6.89. The van der Waals surface area contributed by atoms with Gasteiger partial charge in [0.15, 0.2) is 10.9 Å². The van der Waals surface area contributed by atoms with E-state index in [9.17, 15) is 27.6 Å². The van der Waals surface area contributed by atoms with Crippen molar-refractivity contribution in [2.75, 3.05) is 22.1 Å². The summed E-state index contributed by atoms with van der Waals surface area (Å²) in [7, 11) is 0. The van der Waals surface area contributed by atoms with E-state index in [2.05, 4.69) is 30.6 Å². The normalized spacial score (nSPS) is 15.0. The lowest BCUT2D eigenvalue weighted by molar-refractivity contribution is -0.137. The Morgan fingerprint density at radius 3 is 2.37 bits per heavy atom. The number of rotatable bonds is 8. The van der Waals surface area contributed by atoms with E-state index in [4.69, 9.17) is 4.74 Å². The number of hydrogen-bond acceptors (Lipinski definition) is 9. The smallest absolute Gasteiger partial charge is 0.417 e. The lowest BCUT2D eigenvalue weighted by Crippen LogP contribution is -2.23. The zero-order chi connectivity index (χ0) is 30.1. The number of halogens is 3. The van der Waals surface area contributed by atoms with E-state index in [1.165, 1.54) is 23.7 Å². The van der Waals surface area contributed by atoms with E-state index in [1.807, 2.05) is 12.1 Å². The van der Waals surface area contributed by atoms with Crippen molar-refractivity contribution in [1.29, 1.82) is 0 Å². The molecule has 6 rings (SSSR count). The van der Waals surface area contributed by atoms with E-state index in [0.29, 0.717) is 49.0 Å². The Hall–Kier alpha value is -4.92. The van der Waals surface area contributed by atoms with Crippen molar-refractivity contribution in [2.45, 2.75) is 31.9 Å². The van der Waals surface area contributed by atoms with E-state index < -0.39 is 23.6 Å². The lowest BCUT2D eigenvalue weighted by Gasteiger charge is -2.13. The Bertz CT molecular complexity index is 1690. The fraction of sp³-hybridized carbons (Fsp3) is 0.250. The van der Waals surface area contributed by atoms with Crippen molar-refractivity contribution < 1.29 is 32.3 Å². The fourth-order valence-electron chi connectivity index (χ4n) is 4.33. The lowest BCUT2D eigenvalue weighted by atomic mass is 10.1. The Labute approximate surface area is 246 Å².